The largest absolute Gasteiger partial charge is 0.366 e. The van der Waals surface area contributed by atoms with Gasteiger partial charge in [-0.2, -0.15) is 0 Å². The van der Waals surface area contributed by atoms with Crippen molar-refractivity contribution >= 4 is 11.6 Å². The van der Waals surface area contributed by atoms with Crippen molar-refractivity contribution in [3.8, 4) is 0 Å². The number of nitrogens with zero attached hydrogens (tertiary/aromatic N) is 2. The van der Waals surface area contributed by atoms with E-state index in [0.717, 1.165) is 11.3 Å². The molecule has 0 saturated heterocycles. The van der Waals surface area contributed by atoms with Gasteiger partial charge in [0, 0.05) is 12.8 Å². The summed E-state index contributed by atoms with van der Waals surface area (Å²) in [6, 6.07) is 11.8. The summed E-state index contributed by atoms with van der Waals surface area (Å²) in [6.07, 6.45) is 1.48. The van der Waals surface area contributed by atoms with E-state index in [1.807, 2.05) is 43.3 Å². The van der Waals surface area contributed by atoms with E-state index in [1.54, 1.807) is 6.20 Å². The monoisotopic (exact) mass is 262 g/mol. The molecule has 1 aromatic carbocycles. The Bertz CT molecular complexity index is 490. The minimum atomic E-state index is -0.237. The predicted octanol–water partition coefficient (Wildman–Crippen LogP) is 3.34. The first-order valence-corrected chi connectivity index (χ1v) is 6.43. The molecular formula is C14H15ClN2O. The number of ether oxygens (including phenoxy) is 1. The van der Waals surface area contributed by atoms with Gasteiger partial charge in [0.15, 0.2) is 5.82 Å². The fraction of sp³-hybridized carbons (Fsp3) is 0.286. The number of benzene rings is 1. The Balaban J connectivity index is 2.35. The van der Waals surface area contributed by atoms with Crippen LogP contribution in [0.2, 0.25) is 0 Å². The zero-order valence-electron chi connectivity index (χ0n) is 10.2. The average Bonchev–Trinajstić information content (AvgIpc) is 2.46. The van der Waals surface area contributed by atoms with Gasteiger partial charge in [0.2, 0.25) is 0 Å². The topological polar surface area (TPSA) is 35.0 Å². The van der Waals surface area contributed by atoms with Crippen LogP contribution in [0.25, 0.3) is 0 Å². The maximum atomic E-state index is 5.80. The maximum absolute atomic E-state index is 5.80. The number of halogens is 1. The summed E-state index contributed by atoms with van der Waals surface area (Å²) in [5.74, 6) is 1.03. The van der Waals surface area contributed by atoms with Gasteiger partial charge in [0.05, 0.1) is 11.6 Å². The van der Waals surface area contributed by atoms with Crippen LogP contribution < -0.4 is 0 Å². The lowest BCUT2D eigenvalue weighted by molar-refractivity contribution is 0.0850. The second kappa shape index (κ2) is 6.47. The lowest BCUT2D eigenvalue weighted by Crippen LogP contribution is -2.11. The van der Waals surface area contributed by atoms with Crippen molar-refractivity contribution in [2.45, 2.75) is 18.9 Å². The van der Waals surface area contributed by atoms with Crippen molar-refractivity contribution in [2.24, 2.45) is 0 Å². The first-order chi connectivity index (χ1) is 8.85. The highest BCUT2D eigenvalue weighted by molar-refractivity contribution is 6.16. The lowest BCUT2D eigenvalue weighted by atomic mass is 10.1. The molecule has 2 rings (SSSR count). The Morgan fingerprint density at radius 2 is 2.00 bits per heavy atom. The Morgan fingerprint density at radius 1 is 1.22 bits per heavy atom. The number of hydrogen-bond acceptors (Lipinski definition) is 3. The first-order valence-electron chi connectivity index (χ1n) is 5.89. The van der Waals surface area contributed by atoms with E-state index in [0.29, 0.717) is 18.3 Å². The molecule has 0 bridgehead atoms. The molecule has 0 spiro atoms. The average molecular weight is 263 g/mol. The van der Waals surface area contributed by atoms with E-state index in [1.165, 1.54) is 0 Å². The Morgan fingerprint density at radius 3 is 2.67 bits per heavy atom. The van der Waals surface area contributed by atoms with Crippen LogP contribution in [0.1, 0.15) is 30.1 Å². The fourth-order valence-electron chi connectivity index (χ4n) is 1.73. The molecule has 1 heterocycles. The normalized spacial score (nSPS) is 12.3. The van der Waals surface area contributed by atoms with Gasteiger partial charge in [-0.3, -0.25) is 0 Å². The molecule has 94 valence electrons. The molecule has 0 saturated carbocycles. The van der Waals surface area contributed by atoms with Crippen molar-refractivity contribution in [3.05, 3.63) is 59.7 Å². The number of hydrogen-bond donors (Lipinski definition) is 0. The summed E-state index contributed by atoms with van der Waals surface area (Å²) in [7, 11) is 0. The number of aromatic nitrogens is 2. The molecule has 0 aliphatic heterocycles. The van der Waals surface area contributed by atoms with Gasteiger partial charge < -0.3 is 4.74 Å². The molecule has 18 heavy (non-hydrogen) atoms. The molecular weight excluding hydrogens is 248 g/mol. The Hall–Kier alpha value is -1.45. The highest BCUT2D eigenvalue weighted by Gasteiger charge is 2.17. The highest BCUT2D eigenvalue weighted by Crippen LogP contribution is 2.23. The van der Waals surface area contributed by atoms with Crippen LogP contribution >= 0.6 is 11.6 Å². The van der Waals surface area contributed by atoms with Crippen LogP contribution in [0, 0.1) is 0 Å². The van der Waals surface area contributed by atoms with Crippen LogP contribution in [0.15, 0.2) is 42.6 Å². The van der Waals surface area contributed by atoms with Crippen molar-refractivity contribution in [1.29, 1.82) is 0 Å². The molecule has 1 unspecified atom stereocenters. The third-order valence-electron chi connectivity index (χ3n) is 2.54. The summed E-state index contributed by atoms with van der Waals surface area (Å²) >= 11 is 5.80. The molecule has 0 radical (unpaired) electrons. The molecule has 3 nitrogen and oxygen atoms in total. The summed E-state index contributed by atoms with van der Waals surface area (Å²) in [5.41, 5.74) is 1.85. The fourth-order valence-corrected chi connectivity index (χ4v) is 1.88. The van der Waals surface area contributed by atoms with Gasteiger partial charge in [-0.1, -0.05) is 30.3 Å². The van der Waals surface area contributed by atoms with Crippen LogP contribution in [0.3, 0.4) is 0 Å². The van der Waals surface area contributed by atoms with Crippen LogP contribution in [0.4, 0.5) is 0 Å². The number of alkyl halides is 1. The third-order valence-corrected chi connectivity index (χ3v) is 2.81. The molecule has 1 aromatic heterocycles. The zero-order valence-corrected chi connectivity index (χ0v) is 11.0. The standard InChI is InChI=1S/C14H15ClN2O/c1-2-18-13(11-6-4-3-5-7-11)14-16-9-8-12(10-15)17-14/h3-9,13H,2,10H2,1H3. The van der Waals surface area contributed by atoms with E-state index < -0.39 is 0 Å². The summed E-state index contributed by atoms with van der Waals surface area (Å²) in [6.45, 7) is 2.56. The SMILES string of the molecule is CCOC(c1ccccc1)c1nccc(CCl)n1. The van der Waals surface area contributed by atoms with Gasteiger partial charge in [-0.15, -0.1) is 11.6 Å². The van der Waals surface area contributed by atoms with Gasteiger partial charge >= 0.3 is 0 Å². The third kappa shape index (κ3) is 3.06. The zero-order chi connectivity index (χ0) is 12.8. The van der Waals surface area contributed by atoms with Crippen LogP contribution in [0.5, 0.6) is 0 Å². The second-order valence-electron chi connectivity index (χ2n) is 3.79. The van der Waals surface area contributed by atoms with E-state index in [-0.39, 0.29) is 6.10 Å². The van der Waals surface area contributed by atoms with Crippen molar-refractivity contribution < 1.29 is 4.74 Å². The minimum absolute atomic E-state index is 0.237. The molecule has 0 aliphatic carbocycles. The summed E-state index contributed by atoms with van der Waals surface area (Å²) < 4.78 is 5.75. The molecule has 0 N–H and O–H groups in total. The Kier molecular flexibility index (Phi) is 4.67. The predicted molar refractivity (Wildman–Crippen MR) is 71.5 cm³/mol. The van der Waals surface area contributed by atoms with Gasteiger partial charge in [0.1, 0.15) is 6.10 Å². The van der Waals surface area contributed by atoms with Crippen molar-refractivity contribution in [1.82, 2.24) is 9.97 Å². The second-order valence-corrected chi connectivity index (χ2v) is 4.05. The molecule has 4 heteroatoms. The number of rotatable bonds is 5. The molecule has 2 aromatic rings. The molecule has 1 atom stereocenters. The summed E-state index contributed by atoms with van der Waals surface area (Å²) in [4.78, 5) is 8.71. The molecule has 0 aliphatic rings. The maximum Gasteiger partial charge on any atom is 0.162 e. The molecule has 0 fully saturated rings. The lowest BCUT2D eigenvalue weighted by Gasteiger charge is -2.16. The molecule has 0 amide bonds. The van der Waals surface area contributed by atoms with E-state index in [2.05, 4.69) is 9.97 Å². The minimum Gasteiger partial charge on any atom is -0.366 e. The van der Waals surface area contributed by atoms with Crippen LogP contribution in [-0.2, 0) is 10.6 Å². The van der Waals surface area contributed by atoms with E-state index >= 15 is 0 Å². The quantitative estimate of drug-likeness (QED) is 0.775. The Labute approximate surface area is 112 Å². The van der Waals surface area contributed by atoms with Crippen molar-refractivity contribution in [2.75, 3.05) is 6.61 Å². The first kappa shape index (κ1) is 13.0. The van der Waals surface area contributed by atoms with Gasteiger partial charge in [0.25, 0.3) is 0 Å². The van der Waals surface area contributed by atoms with E-state index in [9.17, 15) is 0 Å². The van der Waals surface area contributed by atoms with E-state index in [4.69, 9.17) is 16.3 Å². The smallest absolute Gasteiger partial charge is 0.162 e. The van der Waals surface area contributed by atoms with Gasteiger partial charge in [-0.05, 0) is 18.6 Å². The summed E-state index contributed by atoms with van der Waals surface area (Å²) in [5, 5.41) is 0. The van der Waals surface area contributed by atoms with Gasteiger partial charge in [-0.25, -0.2) is 9.97 Å². The highest BCUT2D eigenvalue weighted by atomic mass is 35.5. The van der Waals surface area contributed by atoms with Crippen LogP contribution in [-0.4, -0.2) is 16.6 Å². The van der Waals surface area contributed by atoms with Crippen molar-refractivity contribution in [3.63, 3.8) is 0 Å².